The zero-order valence-electron chi connectivity index (χ0n) is 14.7. The van der Waals surface area contributed by atoms with Crippen molar-refractivity contribution in [3.8, 4) is 33.1 Å². The molecule has 0 radical (unpaired) electrons. The van der Waals surface area contributed by atoms with Crippen LogP contribution in [-0.2, 0) is 6.54 Å². The number of aryl methyl sites for hydroxylation is 1. The first-order valence-electron chi connectivity index (χ1n) is 8.51. The van der Waals surface area contributed by atoms with Crippen LogP contribution in [-0.4, -0.2) is 19.7 Å². The van der Waals surface area contributed by atoms with E-state index in [0.717, 1.165) is 16.1 Å². The van der Waals surface area contributed by atoms with Crippen LogP contribution in [0, 0.1) is 0 Å². The van der Waals surface area contributed by atoms with Crippen molar-refractivity contribution >= 4 is 17.0 Å². The molecule has 7 heteroatoms. The number of nitrogen functional groups attached to an aromatic ring is 1. The Morgan fingerprint density at radius 2 is 1.81 bits per heavy atom. The predicted octanol–water partition coefficient (Wildman–Crippen LogP) is 3.70. The van der Waals surface area contributed by atoms with Crippen molar-refractivity contribution in [2.75, 3.05) is 5.73 Å². The molecule has 0 saturated carbocycles. The summed E-state index contributed by atoms with van der Waals surface area (Å²) in [5, 5.41) is 7.31. The summed E-state index contributed by atoms with van der Waals surface area (Å²) in [5.41, 5.74) is 9.86. The van der Waals surface area contributed by atoms with Crippen LogP contribution in [0.3, 0.4) is 0 Å². The fraction of sp³-hybridized carbons (Fsp3) is 0.100. The lowest BCUT2D eigenvalue weighted by Crippen LogP contribution is -2.26. The second kappa shape index (κ2) is 7.13. The molecule has 4 aromatic rings. The minimum absolute atomic E-state index is 0.164. The van der Waals surface area contributed by atoms with Gasteiger partial charge in [-0.2, -0.15) is 5.10 Å². The van der Waals surface area contributed by atoms with Crippen molar-refractivity contribution in [3.63, 3.8) is 0 Å². The molecule has 6 nitrogen and oxygen atoms in total. The summed E-state index contributed by atoms with van der Waals surface area (Å²) < 4.78 is 1.39. The summed E-state index contributed by atoms with van der Waals surface area (Å²) in [6.07, 6.45) is 3.45. The van der Waals surface area contributed by atoms with E-state index in [0.29, 0.717) is 23.5 Å². The van der Waals surface area contributed by atoms with Crippen LogP contribution < -0.4 is 11.3 Å². The number of anilines is 1. The van der Waals surface area contributed by atoms with Crippen LogP contribution in [0.5, 0.6) is 0 Å². The number of aromatic nitrogens is 4. The molecule has 0 aliphatic heterocycles. The number of hydrogen-bond acceptors (Lipinski definition) is 6. The molecular weight excluding hydrogens is 358 g/mol. The lowest BCUT2D eigenvalue weighted by atomic mass is 10.0. The van der Waals surface area contributed by atoms with Crippen molar-refractivity contribution in [2.24, 2.45) is 0 Å². The number of pyridine rings is 1. The standard InChI is InChI=1S/C20H17N5OS/c1-2-25-20(26)17(21)16(18(24-25)13-6-4-3-5-7-13)15-12-27-19(23-15)14-8-10-22-11-9-14/h3-12H,2,21H2,1H3. The van der Waals surface area contributed by atoms with Crippen molar-refractivity contribution in [1.82, 2.24) is 19.7 Å². The summed E-state index contributed by atoms with van der Waals surface area (Å²) in [5.74, 6) is 0. The van der Waals surface area contributed by atoms with E-state index < -0.39 is 0 Å². The topological polar surface area (TPSA) is 86.7 Å². The molecule has 0 bridgehead atoms. The Kier molecular flexibility index (Phi) is 4.52. The van der Waals surface area contributed by atoms with Crippen molar-refractivity contribution in [3.05, 3.63) is 70.6 Å². The van der Waals surface area contributed by atoms with Gasteiger partial charge in [0.15, 0.2) is 0 Å². The molecular formula is C20H17N5OS. The molecule has 3 heterocycles. The van der Waals surface area contributed by atoms with Gasteiger partial charge in [-0.25, -0.2) is 9.67 Å². The molecule has 0 saturated heterocycles. The second-order valence-corrected chi connectivity index (χ2v) is 6.76. The van der Waals surface area contributed by atoms with E-state index in [1.807, 2.05) is 54.8 Å². The Bertz CT molecular complexity index is 1140. The van der Waals surface area contributed by atoms with Crippen LogP contribution >= 0.6 is 11.3 Å². The van der Waals surface area contributed by atoms with E-state index in [2.05, 4.69) is 10.1 Å². The maximum Gasteiger partial charge on any atom is 0.290 e. The summed E-state index contributed by atoms with van der Waals surface area (Å²) in [6.45, 7) is 2.31. The Balaban J connectivity index is 1.94. The Morgan fingerprint density at radius 3 is 2.52 bits per heavy atom. The molecule has 0 spiro atoms. The van der Waals surface area contributed by atoms with Gasteiger partial charge >= 0.3 is 0 Å². The molecule has 3 aromatic heterocycles. The highest BCUT2D eigenvalue weighted by Gasteiger charge is 2.20. The Morgan fingerprint density at radius 1 is 1.07 bits per heavy atom. The SMILES string of the molecule is CCn1nc(-c2ccccc2)c(-c2csc(-c3ccncc3)n2)c(N)c1=O. The largest absolute Gasteiger partial charge is 0.394 e. The molecule has 0 atom stereocenters. The van der Waals surface area contributed by atoms with E-state index >= 15 is 0 Å². The van der Waals surface area contributed by atoms with Gasteiger partial charge in [0.25, 0.3) is 5.56 Å². The molecule has 27 heavy (non-hydrogen) atoms. The molecule has 4 rings (SSSR count). The fourth-order valence-corrected chi connectivity index (χ4v) is 3.69. The minimum atomic E-state index is -0.300. The van der Waals surface area contributed by atoms with Gasteiger partial charge in [0, 0.05) is 35.4 Å². The van der Waals surface area contributed by atoms with Crippen LogP contribution in [0.2, 0.25) is 0 Å². The molecule has 2 N–H and O–H groups in total. The van der Waals surface area contributed by atoms with Gasteiger partial charge in [-0.1, -0.05) is 30.3 Å². The minimum Gasteiger partial charge on any atom is -0.394 e. The van der Waals surface area contributed by atoms with Crippen LogP contribution in [0.15, 0.2) is 65.0 Å². The summed E-state index contributed by atoms with van der Waals surface area (Å²) >= 11 is 1.49. The van der Waals surface area contributed by atoms with Crippen LogP contribution in [0.25, 0.3) is 33.1 Å². The molecule has 0 aliphatic carbocycles. The summed E-state index contributed by atoms with van der Waals surface area (Å²) in [6, 6.07) is 13.5. The van der Waals surface area contributed by atoms with Gasteiger partial charge in [0.1, 0.15) is 16.4 Å². The van der Waals surface area contributed by atoms with Gasteiger partial charge in [0.2, 0.25) is 0 Å². The van der Waals surface area contributed by atoms with Crippen LogP contribution in [0.1, 0.15) is 6.92 Å². The third-order valence-electron chi connectivity index (χ3n) is 4.23. The number of nitrogens with two attached hydrogens (primary N) is 1. The van der Waals surface area contributed by atoms with E-state index in [1.54, 1.807) is 12.4 Å². The average molecular weight is 375 g/mol. The van der Waals surface area contributed by atoms with Gasteiger partial charge < -0.3 is 5.73 Å². The highest BCUT2D eigenvalue weighted by Crippen LogP contribution is 2.35. The summed E-state index contributed by atoms with van der Waals surface area (Å²) in [4.78, 5) is 21.4. The molecule has 0 aliphatic rings. The number of thiazole rings is 1. The number of benzene rings is 1. The number of rotatable bonds is 4. The monoisotopic (exact) mass is 375 g/mol. The molecule has 1 aromatic carbocycles. The van der Waals surface area contributed by atoms with E-state index in [-0.39, 0.29) is 11.2 Å². The molecule has 0 fully saturated rings. The van der Waals surface area contributed by atoms with Gasteiger partial charge in [-0.3, -0.25) is 9.78 Å². The predicted molar refractivity (Wildman–Crippen MR) is 108 cm³/mol. The van der Waals surface area contributed by atoms with Crippen molar-refractivity contribution < 1.29 is 0 Å². The normalized spacial score (nSPS) is 10.9. The Hall–Kier alpha value is -3.32. The average Bonchev–Trinajstić information content (AvgIpc) is 3.21. The van der Waals surface area contributed by atoms with Gasteiger partial charge in [-0.05, 0) is 19.1 Å². The maximum atomic E-state index is 12.6. The smallest absolute Gasteiger partial charge is 0.290 e. The highest BCUT2D eigenvalue weighted by atomic mass is 32.1. The number of hydrogen-bond donors (Lipinski definition) is 1. The second-order valence-electron chi connectivity index (χ2n) is 5.90. The number of nitrogens with zero attached hydrogens (tertiary/aromatic N) is 4. The first kappa shape index (κ1) is 17.1. The highest BCUT2D eigenvalue weighted by molar-refractivity contribution is 7.13. The lowest BCUT2D eigenvalue weighted by Gasteiger charge is -2.12. The maximum absolute atomic E-state index is 12.6. The van der Waals surface area contributed by atoms with Gasteiger partial charge in [-0.15, -0.1) is 11.3 Å². The third kappa shape index (κ3) is 3.13. The van der Waals surface area contributed by atoms with E-state index in [9.17, 15) is 4.79 Å². The first-order chi connectivity index (χ1) is 13.2. The quantitative estimate of drug-likeness (QED) is 0.588. The molecule has 0 unspecified atom stereocenters. The third-order valence-corrected chi connectivity index (χ3v) is 5.12. The zero-order valence-corrected chi connectivity index (χ0v) is 15.5. The zero-order chi connectivity index (χ0) is 18.8. The lowest BCUT2D eigenvalue weighted by molar-refractivity contribution is 0.622. The van der Waals surface area contributed by atoms with Crippen molar-refractivity contribution in [1.29, 1.82) is 0 Å². The van der Waals surface area contributed by atoms with Crippen molar-refractivity contribution in [2.45, 2.75) is 13.5 Å². The first-order valence-corrected chi connectivity index (χ1v) is 9.39. The van der Waals surface area contributed by atoms with E-state index in [4.69, 9.17) is 10.7 Å². The Labute approximate surface area is 160 Å². The van der Waals surface area contributed by atoms with Gasteiger partial charge in [0.05, 0.1) is 11.3 Å². The molecule has 0 amide bonds. The molecule has 134 valence electrons. The van der Waals surface area contributed by atoms with E-state index in [1.165, 1.54) is 16.0 Å². The van der Waals surface area contributed by atoms with Crippen LogP contribution in [0.4, 0.5) is 5.69 Å². The fourth-order valence-electron chi connectivity index (χ4n) is 2.88. The summed E-state index contributed by atoms with van der Waals surface area (Å²) in [7, 11) is 0.